The van der Waals surface area contributed by atoms with E-state index in [0.29, 0.717) is 16.9 Å². The van der Waals surface area contributed by atoms with Crippen molar-refractivity contribution in [1.82, 2.24) is 0 Å². The van der Waals surface area contributed by atoms with Gasteiger partial charge in [0.15, 0.2) is 6.10 Å². The molecule has 2 amide bonds. The first-order valence-electron chi connectivity index (χ1n) is 10.1. The molecule has 2 saturated heterocycles. The van der Waals surface area contributed by atoms with Crippen molar-refractivity contribution in [3.05, 3.63) is 100 Å². The molecule has 0 aromatic heterocycles. The van der Waals surface area contributed by atoms with Crippen molar-refractivity contribution in [1.29, 1.82) is 5.26 Å². The quantitative estimate of drug-likeness (QED) is 0.346. The number of benzene rings is 3. The number of nitro benzene ring substituents is 1. The molecule has 0 aliphatic carbocycles. The Balaban J connectivity index is 1.62. The molecule has 3 aromatic carbocycles. The highest BCUT2D eigenvalue weighted by molar-refractivity contribution is 6.24. The fourth-order valence-corrected chi connectivity index (χ4v) is 4.37. The van der Waals surface area contributed by atoms with Crippen LogP contribution in [0.1, 0.15) is 17.2 Å². The predicted octanol–water partition coefficient (Wildman–Crippen LogP) is 3.52. The molecule has 9 nitrogen and oxygen atoms in total. The van der Waals surface area contributed by atoms with Crippen molar-refractivity contribution in [2.75, 3.05) is 9.96 Å². The van der Waals surface area contributed by atoms with Crippen molar-refractivity contribution >= 4 is 28.9 Å². The second-order valence-corrected chi connectivity index (χ2v) is 7.64. The second-order valence-electron chi connectivity index (χ2n) is 7.64. The van der Waals surface area contributed by atoms with Crippen LogP contribution in [0.4, 0.5) is 17.1 Å². The van der Waals surface area contributed by atoms with Crippen LogP contribution in [0.2, 0.25) is 0 Å². The maximum atomic E-state index is 13.6. The van der Waals surface area contributed by atoms with E-state index in [2.05, 4.69) is 0 Å². The third-order valence-corrected chi connectivity index (χ3v) is 5.83. The zero-order valence-corrected chi connectivity index (χ0v) is 17.1. The molecule has 2 heterocycles. The normalized spacial score (nSPS) is 21.7. The van der Waals surface area contributed by atoms with Crippen LogP contribution in [0.15, 0.2) is 78.9 Å². The maximum Gasteiger partial charge on any atom is 0.274 e. The summed E-state index contributed by atoms with van der Waals surface area (Å²) in [7, 11) is 0. The summed E-state index contributed by atoms with van der Waals surface area (Å²) in [6.45, 7) is 0. The summed E-state index contributed by atoms with van der Waals surface area (Å²) in [5.74, 6) is -2.07. The van der Waals surface area contributed by atoms with Crippen LogP contribution in [0.5, 0.6) is 0 Å². The smallest absolute Gasteiger partial charge is 0.273 e. The Hall–Kier alpha value is -4.55. The number of hydrogen-bond acceptors (Lipinski definition) is 7. The monoisotopic (exact) mass is 440 g/mol. The largest absolute Gasteiger partial charge is 0.274 e. The molecule has 0 N–H and O–H groups in total. The number of fused-ring (bicyclic) bond motifs is 1. The van der Waals surface area contributed by atoms with Gasteiger partial charge in [0.05, 0.1) is 33.5 Å². The molecular weight excluding hydrogens is 424 g/mol. The maximum absolute atomic E-state index is 13.6. The highest BCUT2D eigenvalue weighted by Gasteiger charge is 2.61. The van der Waals surface area contributed by atoms with Crippen molar-refractivity contribution in [3.8, 4) is 6.07 Å². The summed E-state index contributed by atoms with van der Waals surface area (Å²) < 4.78 is 0. The van der Waals surface area contributed by atoms with E-state index < -0.39 is 34.8 Å². The van der Waals surface area contributed by atoms with E-state index in [0.717, 1.165) is 4.90 Å². The number of nitro groups is 1. The van der Waals surface area contributed by atoms with Crippen LogP contribution in [0.25, 0.3) is 0 Å². The SMILES string of the molecule is N#Cc1ccc(N2C(=O)[C@H]3[C@@H](ON(c4ccccc4)[C@H]3c3ccccc3[N+](=O)[O-])C2=O)cc1. The van der Waals surface area contributed by atoms with Gasteiger partial charge >= 0.3 is 0 Å². The lowest BCUT2D eigenvalue weighted by Gasteiger charge is -2.28. The van der Waals surface area contributed by atoms with Crippen molar-refractivity contribution in [2.45, 2.75) is 12.1 Å². The topological polar surface area (TPSA) is 117 Å². The van der Waals surface area contributed by atoms with Crippen LogP contribution < -0.4 is 9.96 Å². The number of amides is 2. The number of imide groups is 1. The van der Waals surface area contributed by atoms with Gasteiger partial charge in [-0.05, 0) is 42.5 Å². The van der Waals surface area contributed by atoms with Gasteiger partial charge in [-0.15, -0.1) is 0 Å². The van der Waals surface area contributed by atoms with E-state index in [1.807, 2.05) is 12.1 Å². The van der Waals surface area contributed by atoms with Gasteiger partial charge in [-0.2, -0.15) is 5.26 Å². The number of anilines is 2. The van der Waals surface area contributed by atoms with Gasteiger partial charge in [0.2, 0.25) is 5.91 Å². The first kappa shape index (κ1) is 20.4. The highest BCUT2D eigenvalue weighted by atomic mass is 16.7. The summed E-state index contributed by atoms with van der Waals surface area (Å²) in [6.07, 6.45) is -1.14. The summed E-state index contributed by atoms with van der Waals surface area (Å²) in [6, 6.07) is 22.2. The number of nitriles is 1. The fraction of sp³-hybridized carbons (Fsp3) is 0.125. The van der Waals surface area contributed by atoms with E-state index in [-0.39, 0.29) is 11.3 Å². The summed E-state index contributed by atoms with van der Waals surface area (Å²) in [4.78, 5) is 45.1. The molecule has 3 atom stereocenters. The van der Waals surface area contributed by atoms with E-state index in [1.165, 1.54) is 35.4 Å². The Morgan fingerprint density at radius 2 is 1.55 bits per heavy atom. The minimum atomic E-state index is -1.14. The molecule has 5 rings (SSSR count). The number of nitrogens with zero attached hydrogens (tertiary/aromatic N) is 4. The minimum absolute atomic E-state index is 0.162. The number of hydroxylamine groups is 1. The van der Waals surface area contributed by atoms with Gasteiger partial charge in [-0.1, -0.05) is 30.3 Å². The highest BCUT2D eigenvalue weighted by Crippen LogP contribution is 2.49. The van der Waals surface area contributed by atoms with Crippen LogP contribution in [0.3, 0.4) is 0 Å². The first-order valence-corrected chi connectivity index (χ1v) is 10.1. The lowest BCUT2D eigenvalue weighted by Crippen LogP contribution is -2.37. The predicted molar refractivity (Wildman–Crippen MR) is 117 cm³/mol. The van der Waals surface area contributed by atoms with Gasteiger partial charge < -0.3 is 0 Å². The second kappa shape index (κ2) is 7.85. The number of hydrogen-bond donors (Lipinski definition) is 0. The minimum Gasteiger partial charge on any atom is -0.273 e. The summed E-state index contributed by atoms with van der Waals surface area (Å²) >= 11 is 0. The molecule has 0 spiro atoms. The Morgan fingerprint density at radius 1 is 0.879 bits per heavy atom. The lowest BCUT2D eigenvalue weighted by molar-refractivity contribution is -0.385. The van der Waals surface area contributed by atoms with Crippen LogP contribution in [-0.2, 0) is 14.4 Å². The van der Waals surface area contributed by atoms with Crippen molar-refractivity contribution < 1.29 is 19.3 Å². The average molecular weight is 440 g/mol. The van der Waals surface area contributed by atoms with Crippen LogP contribution >= 0.6 is 0 Å². The summed E-state index contributed by atoms with van der Waals surface area (Å²) in [5, 5.41) is 22.2. The standard InChI is InChI=1S/C24H16N4O5/c25-14-15-10-12-16(13-11-15)26-23(29)20-21(18-8-4-5-9-19(18)28(31)32)27(33-22(20)24(26)30)17-6-2-1-3-7-17/h1-13,20-22H/t20-,21+,22-/m1/s1. The Morgan fingerprint density at radius 3 is 2.21 bits per heavy atom. The molecule has 0 bridgehead atoms. The Labute approximate surface area is 188 Å². The third-order valence-electron chi connectivity index (χ3n) is 5.83. The number of rotatable bonds is 4. The van der Waals surface area contributed by atoms with Gasteiger partial charge in [0.1, 0.15) is 12.0 Å². The molecular formula is C24H16N4O5. The molecule has 3 aromatic rings. The van der Waals surface area contributed by atoms with Crippen LogP contribution in [-0.4, -0.2) is 22.8 Å². The molecule has 9 heteroatoms. The van der Waals surface area contributed by atoms with Crippen molar-refractivity contribution in [2.24, 2.45) is 5.92 Å². The molecule has 0 unspecified atom stereocenters. The average Bonchev–Trinajstić information content (AvgIpc) is 3.35. The third kappa shape index (κ3) is 3.21. The lowest BCUT2D eigenvalue weighted by atomic mass is 9.89. The zero-order valence-electron chi connectivity index (χ0n) is 17.1. The Kier molecular flexibility index (Phi) is 4.84. The van der Waals surface area contributed by atoms with E-state index in [1.54, 1.807) is 42.5 Å². The van der Waals surface area contributed by atoms with E-state index >= 15 is 0 Å². The molecule has 162 valence electrons. The van der Waals surface area contributed by atoms with Crippen molar-refractivity contribution in [3.63, 3.8) is 0 Å². The van der Waals surface area contributed by atoms with Gasteiger partial charge in [0.25, 0.3) is 11.6 Å². The molecule has 0 radical (unpaired) electrons. The summed E-state index contributed by atoms with van der Waals surface area (Å²) in [5.41, 5.74) is 1.39. The zero-order chi connectivity index (χ0) is 23.1. The van der Waals surface area contributed by atoms with Crippen LogP contribution in [0, 0.1) is 27.4 Å². The molecule has 33 heavy (non-hydrogen) atoms. The molecule has 0 saturated carbocycles. The number of para-hydroxylation sites is 2. The molecule has 2 aliphatic heterocycles. The first-order chi connectivity index (χ1) is 16.0. The van der Waals surface area contributed by atoms with E-state index in [9.17, 15) is 19.7 Å². The molecule has 2 aliphatic rings. The van der Waals surface area contributed by atoms with Gasteiger partial charge in [-0.3, -0.25) is 24.5 Å². The number of carbonyl (C=O) groups is 2. The van der Waals surface area contributed by atoms with Gasteiger partial charge in [0, 0.05) is 6.07 Å². The van der Waals surface area contributed by atoms with Gasteiger partial charge in [-0.25, -0.2) is 9.96 Å². The van der Waals surface area contributed by atoms with E-state index in [4.69, 9.17) is 10.1 Å². The fourth-order valence-electron chi connectivity index (χ4n) is 4.37. The Bertz CT molecular complexity index is 1300. The molecule has 2 fully saturated rings. The number of carbonyl (C=O) groups excluding carboxylic acids is 2.